The number of rotatable bonds is 6. The molecule has 1 unspecified atom stereocenters. The lowest BCUT2D eigenvalue weighted by Gasteiger charge is -2.20. The van der Waals surface area contributed by atoms with Crippen molar-refractivity contribution in [3.05, 3.63) is 0 Å². The van der Waals surface area contributed by atoms with Crippen LogP contribution in [0.2, 0.25) is 0 Å². The molecule has 108 valence electrons. The summed E-state index contributed by atoms with van der Waals surface area (Å²) in [6.45, 7) is 9.00. The molecule has 19 heavy (non-hydrogen) atoms. The molecule has 2 heterocycles. The highest BCUT2D eigenvalue weighted by atomic mass is 32.2. The first-order chi connectivity index (χ1) is 9.04. The van der Waals surface area contributed by atoms with Gasteiger partial charge in [0, 0.05) is 24.4 Å². The smallest absolute Gasteiger partial charge is 0.209 e. The summed E-state index contributed by atoms with van der Waals surface area (Å²) in [5.41, 5.74) is 0.124. The average molecular weight is 285 g/mol. The van der Waals surface area contributed by atoms with Crippen LogP contribution in [0.5, 0.6) is 0 Å². The van der Waals surface area contributed by atoms with Gasteiger partial charge in [0.25, 0.3) is 0 Å². The van der Waals surface area contributed by atoms with Crippen LogP contribution in [-0.4, -0.2) is 50.8 Å². The topological polar surface area (TPSA) is 64.9 Å². The number of tetrazole rings is 1. The Morgan fingerprint density at radius 2 is 2.32 bits per heavy atom. The van der Waals surface area contributed by atoms with Crippen molar-refractivity contribution >= 4 is 11.8 Å². The van der Waals surface area contributed by atoms with Crippen LogP contribution in [0.4, 0.5) is 0 Å². The molecule has 1 atom stereocenters. The van der Waals surface area contributed by atoms with Crippen molar-refractivity contribution in [1.82, 2.24) is 25.5 Å². The Balaban J connectivity index is 1.76. The molecule has 1 aliphatic rings. The second-order valence-electron chi connectivity index (χ2n) is 5.81. The molecular weight excluding hydrogens is 262 g/mol. The molecule has 2 rings (SSSR count). The number of hydrogen-bond acceptors (Lipinski definition) is 6. The Hall–Kier alpha value is -0.660. The first-order valence-corrected chi connectivity index (χ1v) is 7.79. The number of nitrogens with one attached hydrogen (secondary N) is 1. The lowest BCUT2D eigenvalue weighted by Crippen LogP contribution is -2.38. The summed E-state index contributed by atoms with van der Waals surface area (Å²) in [7, 11) is 0. The molecule has 0 aliphatic carbocycles. The van der Waals surface area contributed by atoms with Gasteiger partial charge in [-0.05, 0) is 44.0 Å². The largest absolute Gasteiger partial charge is 0.377 e. The third-order valence-corrected chi connectivity index (χ3v) is 3.99. The molecular formula is C12H23N5OS. The standard InChI is InChI=1S/C12H23N5OS/c1-12(2,3)13-6-7-17-11(14-15-16-17)19-9-10-5-4-8-18-10/h10,13H,4-9H2,1-3H3. The fourth-order valence-corrected chi connectivity index (χ4v) is 2.89. The lowest BCUT2D eigenvalue weighted by atomic mass is 10.1. The molecule has 1 fully saturated rings. The average Bonchev–Trinajstić information content (AvgIpc) is 2.95. The Bertz CT molecular complexity index is 384. The van der Waals surface area contributed by atoms with Crippen molar-refractivity contribution in [3.8, 4) is 0 Å². The molecule has 0 saturated carbocycles. The maximum Gasteiger partial charge on any atom is 0.209 e. The van der Waals surface area contributed by atoms with Crippen molar-refractivity contribution in [1.29, 1.82) is 0 Å². The van der Waals surface area contributed by atoms with E-state index in [4.69, 9.17) is 4.74 Å². The Labute approximate surface area is 118 Å². The van der Waals surface area contributed by atoms with Crippen LogP contribution >= 0.6 is 11.8 Å². The number of ether oxygens (including phenoxy) is 1. The van der Waals surface area contributed by atoms with E-state index in [-0.39, 0.29) is 5.54 Å². The van der Waals surface area contributed by atoms with Crippen molar-refractivity contribution in [2.75, 3.05) is 18.9 Å². The van der Waals surface area contributed by atoms with Crippen LogP contribution in [0.25, 0.3) is 0 Å². The molecule has 1 aromatic heterocycles. The normalized spacial score (nSPS) is 20.1. The third kappa shape index (κ3) is 5.08. The van der Waals surface area contributed by atoms with E-state index in [0.717, 1.165) is 37.0 Å². The van der Waals surface area contributed by atoms with E-state index in [2.05, 4.69) is 41.6 Å². The summed E-state index contributed by atoms with van der Waals surface area (Å²) < 4.78 is 7.47. The van der Waals surface area contributed by atoms with Gasteiger partial charge in [-0.25, -0.2) is 4.68 Å². The summed E-state index contributed by atoms with van der Waals surface area (Å²) >= 11 is 1.68. The van der Waals surface area contributed by atoms with Gasteiger partial charge in [-0.15, -0.1) is 5.10 Å². The minimum absolute atomic E-state index is 0.124. The fourth-order valence-electron chi connectivity index (χ4n) is 1.92. The molecule has 0 aromatic carbocycles. The van der Waals surface area contributed by atoms with Crippen molar-refractivity contribution in [3.63, 3.8) is 0 Å². The van der Waals surface area contributed by atoms with Gasteiger partial charge in [-0.1, -0.05) is 11.8 Å². The van der Waals surface area contributed by atoms with E-state index < -0.39 is 0 Å². The van der Waals surface area contributed by atoms with Crippen molar-refractivity contribution in [2.24, 2.45) is 0 Å². The predicted octanol–water partition coefficient (Wildman–Crippen LogP) is 1.33. The highest BCUT2D eigenvalue weighted by molar-refractivity contribution is 7.99. The molecule has 1 aromatic rings. The molecule has 6 nitrogen and oxygen atoms in total. The van der Waals surface area contributed by atoms with Gasteiger partial charge in [-0.3, -0.25) is 0 Å². The van der Waals surface area contributed by atoms with Crippen LogP contribution in [0.15, 0.2) is 5.16 Å². The zero-order chi connectivity index (χ0) is 13.7. The van der Waals surface area contributed by atoms with E-state index in [1.165, 1.54) is 6.42 Å². The summed E-state index contributed by atoms with van der Waals surface area (Å²) in [6, 6.07) is 0. The number of nitrogens with zero attached hydrogens (tertiary/aromatic N) is 4. The molecule has 1 aliphatic heterocycles. The van der Waals surface area contributed by atoms with Crippen LogP contribution in [0, 0.1) is 0 Å². The molecule has 0 spiro atoms. The summed E-state index contributed by atoms with van der Waals surface area (Å²) in [6.07, 6.45) is 2.69. The maximum atomic E-state index is 5.61. The van der Waals surface area contributed by atoms with Crippen LogP contribution in [0.3, 0.4) is 0 Å². The second kappa shape index (κ2) is 6.67. The van der Waals surface area contributed by atoms with Gasteiger partial charge < -0.3 is 10.1 Å². The zero-order valence-electron chi connectivity index (χ0n) is 11.9. The van der Waals surface area contributed by atoms with Gasteiger partial charge in [0.2, 0.25) is 5.16 Å². The van der Waals surface area contributed by atoms with E-state index >= 15 is 0 Å². The van der Waals surface area contributed by atoms with Crippen LogP contribution < -0.4 is 5.32 Å². The number of hydrogen-bond donors (Lipinski definition) is 1. The van der Waals surface area contributed by atoms with Crippen LogP contribution in [-0.2, 0) is 11.3 Å². The summed E-state index contributed by atoms with van der Waals surface area (Å²) in [5.74, 6) is 0.938. The third-order valence-electron chi connectivity index (χ3n) is 2.90. The highest BCUT2D eigenvalue weighted by Crippen LogP contribution is 2.21. The zero-order valence-corrected chi connectivity index (χ0v) is 12.7. The van der Waals surface area contributed by atoms with Crippen LogP contribution in [0.1, 0.15) is 33.6 Å². The van der Waals surface area contributed by atoms with Gasteiger partial charge >= 0.3 is 0 Å². The van der Waals surface area contributed by atoms with E-state index in [1.807, 2.05) is 4.68 Å². The van der Waals surface area contributed by atoms with E-state index in [0.29, 0.717) is 6.10 Å². The second-order valence-corrected chi connectivity index (χ2v) is 6.79. The minimum Gasteiger partial charge on any atom is -0.377 e. The first kappa shape index (κ1) is 14.7. The lowest BCUT2D eigenvalue weighted by molar-refractivity contribution is 0.129. The summed E-state index contributed by atoms with van der Waals surface area (Å²) in [4.78, 5) is 0. The van der Waals surface area contributed by atoms with Crippen molar-refractivity contribution in [2.45, 2.75) is 57.0 Å². The maximum absolute atomic E-state index is 5.61. The highest BCUT2D eigenvalue weighted by Gasteiger charge is 2.17. The Morgan fingerprint density at radius 3 is 3.00 bits per heavy atom. The summed E-state index contributed by atoms with van der Waals surface area (Å²) in [5, 5.41) is 16.2. The quantitative estimate of drug-likeness (QED) is 0.796. The molecule has 7 heteroatoms. The van der Waals surface area contributed by atoms with Gasteiger partial charge in [0.15, 0.2) is 0 Å². The molecule has 1 saturated heterocycles. The Morgan fingerprint density at radius 1 is 1.47 bits per heavy atom. The molecule has 0 bridgehead atoms. The van der Waals surface area contributed by atoms with E-state index in [1.54, 1.807) is 11.8 Å². The SMILES string of the molecule is CC(C)(C)NCCn1nnnc1SCC1CCCO1. The molecule has 1 N–H and O–H groups in total. The Kier molecular flexibility index (Phi) is 5.18. The van der Waals surface area contributed by atoms with Gasteiger partial charge in [0.1, 0.15) is 0 Å². The predicted molar refractivity (Wildman–Crippen MR) is 75.3 cm³/mol. The monoisotopic (exact) mass is 285 g/mol. The van der Waals surface area contributed by atoms with Crippen molar-refractivity contribution < 1.29 is 4.74 Å². The minimum atomic E-state index is 0.124. The van der Waals surface area contributed by atoms with Gasteiger partial charge in [0.05, 0.1) is 12.6 Å². The molecule has 0 radical (unpaired) electrons. The number of thioether (sulfide) groups is 1. The van der Waals surface area contributed by atoms with E-state index in [9.17, 15) is 0 Å². The van der Waals surface area contributed by atoms with Gasteiger partial charge in [-0.2, -0.15) is 0 Å². The fraction of sp³-hybridized carbons (Fsp3) is 0.917. The molecule has 0 amide bonds. The number of aromatic nitrogens is 4. The first-order valence-electron chi connectivity index (χ1n) is 6.80.